The molecular formula is C22H30LiO7P. The molecular weight excluding hydrogens is 414 g/mol. The summed E-state index contributed by atoms with van der Waals surface area (Å²) in [7, 11) is 4.27. The Morgan fingerprint density at radius 3 is 1.55 bits per heavy atom. The van der Waals surface area contributed by atoms with E-state index < -0.39 is 0 Å². The van der Waals surface area contributed by atoms with Crippen LogP contribution in [0.2, 0.25) is 0 Å². The Labute approximate surface area is 197 Å². The molecule has 0 spiro atoms. The predicted octanol–water partition coefficient (Wildman–Crippen LogP) is 3.40. The molecule has 0 aliphatic heterocycles. The van der Waals surface area contributed by atoms with Gasteiger partial charge in [-0.2, -0.15) is 0 Å². The molecule has 2 aromatic rings. The topological polar surface area (TPSA) is 72.5 Å². The summed E-state index contributed by atoms with van der Waals surface area (Å²) in [6.07, 6.45) is 0. The van der Waals surface area contributed by atoms with E-state index in [0.717, 1.165) is 0 Å². The van der Waals surface area contributed by atoms with Crippen molar-refractivity contribution in [3.8, 4) is 34.5 Å². The molecule has 9 heteroatoms. The summed E-state index contributed by atoms with van der Waals surface area (Å²) in [5.41, 5.74) is 0.176. The predicted molar refractivity (Wildman–Crippen MR) is 125 cm³/mol. The standard InChI is InChI=1S/C22H29O7P.Li.H/c1-7-27-15-12-18(28-8-2)21(19(13-15)29-9-3)30-22(23)20-16(25-5)10-14(24-4)11-17(20)26-6;;/h10-13,30H,7-9H2,1-6H3;;. The van der Waals surface area contributed by atoms with Gasteiger partial charge in [0.2, 0.25) is 0 Å². The van der Waals surface area contributed by atoms with Crippen LogP contribution in [0.25, 0.3) is 0 Å². The quantitative estimate of drug-likeness (QED) is 0.367. The van der Waals surface area contributed by atoms with Gasteiger partial charge in [0.1, 0.15) is 40.1 Å². The summed E-state index contributed by atoms with van der Waals surface area (Å²) in [6.45, 7) is 7.08. The van der Waals surface area contributed by atoms with Gasteiger partial charge >= 0.3 is 18.9 Å². The zero-order valence-corrected chi connectivity index (χ0v) is 19.3. The molecule has 7 nitrogen and oxygen atoms in total. The second-order valence-corrected chi connectivity index (χ2v) is 7.16. The summed E-state index contributed by atoms with van der Waals surface area (Å²) in [6, 6.07) is 6.89. The maximum atomic E-state index is 13.4. The third kappa shape index (κ3) is 6.71. The fourth-order valence-electron chi connectivity index (χ4n) is 2.88. The van der Waals surface area contributed by atoms with Crippen molar-refractivity contribution in [2.75, 3.05) is 41.2 Å². The van der Waals surface area contributed by atoms with Crippen LogP contribution in [0.1, 0.15) is 31.1 Å². The second-order valence-electron chi connectivity index (χ2n) is 5.95. The molecule has 0 radical (unpaired) electrons. The van der Waals surface area contributed by atoms with E-state index >= 15 is 0 Å². The molecule has 0 aliphatic carbocycles. The molecule has 31 heavy (non-hydrogen) atoms. The number of carbonyl (C=O) groups is 1. The number of methoxy groups -OCH3 is 3. The van der Waals surface area contributed by atoms with E-state index in [2.05, 4.69) is 0 Å². The van der Waals surface area contributed by atoms with Gasteiger partial charge in [-0.3, -0.25) is 4.79 Å². The maximum absolute atomic E-state index is 13.4. The van der Waals surface area contributed by atoms with E-state index in [9.17, 15) is 4.79 Å². The van der Waals surface area contributed by atoms with Crippen molar-refractivity contribution in [2.45, 2.75) is 20.8 Å². The van der Waals surface area contributed by atoms with Gasteiger partial charge in [0.25, 0.3) is 0 Å². The molecule has 0 saturated heterocycles. The van der Waals surface area contributed by atoms with Crippen molar-refractivity contribution in [1.29, 1.82) is 0 Å². The first-order valence-electron chi connectivity index (χ1n) is 9.70. The van der Waals surface area contributed by atoms with E-state index in [-0.39, 0.29) is 33.0 Å². The summed E-state index contributed by atoms with van der Waals surface area (Å²) in [5, 5.41) is 0.673. The number of benzene rings is 2. The van der Waals surface area contributed by atoms with Crippen LogP contribution < -0.4 is 33.7 Å². The molecule has 1 atom stereocenters. The molecule has 0 aromatic heterocycles. The van der Waals surface area contributed by atoms with Crippen molar-refractivity contribution in [1.82, 2.24) is 0 Å². The third-order valence-corrected chi connectivity index (χ3v) is 5.35. The van der Waals surface area contributed by atoms with Gasteiger partial charge < -0.3 is 28.4 Å². The number of carbonyl (C=O) groups excluding carboxylic acids is 1. The average molecular weight is 444 g/mol. The van der Waals surface area contributed by atoms with Crippen molar-refractivity contribution in [2.24, 2.45) is 0 Å². The Balaban J connectivity index is 0.00000480. The fraction of sp³-hybridized carbons (Fsp3) is 0.409. The Kier molecular flexibility index (Phi) is 11.6. The molecule has 0 bridgehead atoms. The first-order chi connectivity index (χ1) is 14.5. The van der Waals surface area contributed by atoms with Crippen LogP contribution in [-0.2, 0) is 0 Å². The molecule has 0 heterocycles. The Bertz CT molecular complexity index is 821. The van der Waals surface area contributed by atoms with Crippen LogP contribution in [0.15, 0.2) is 24.3 Å². The third-order valence-electron chi connectivity index (χ3n) is 4.13. The van der Waals surface area contributed by atoms with Crippen LogP contribution in [0.3, 0.4) is 0 Å². The van der Waals surface area contributed by atoms with E-state index in [0.29, 0.717) is 65.2 Å². The summed E-state index contributed by atoms with van der Waals surface area (Å²) >= 11 is 0. The summed E-state index contributed by atoms with van der Waals surface area (Å²) in [5.74, 6) is 3.05. The van der Waals surface area contributed by atoms with E-state index in [1.807, 2.05) is 20.8 Å². The summed E-state index contributed by atoms with van der Waals surface area (Å²) in [4.78, 5) is 13.4. The zero-order chi connectivity index (χ0) is 22.1. The van der Waals surface area contributed by atoms with Crippen LogP contribution in [-0.4, -0.2) is 65.5 Å². The van der Waals surface area contributed by atoms with Gasteiger partial charge in [-0.15, -0.1) is 0 Å². The number of hydrogen-bond donors (Lipinski definition) is 0. The molecule has 1 unspecified atom stereocenters. The van der Waals surface area contributed by atoms with Crippen LogP contribution in [0.4, 0.5) is 0 Å². The molecule has 2 rings (SSSR count). The van der Waals surface area contributed by atoms with Crippen molar-refractivity contribution < 1.29 is 33.2 Å². The first kappa shape index (κ1) is 27.0. The molecule has 0 amide bonds. The van der Waals surface area contributed by atoms with Crippen molar-refractivity contribution >= 4 is 38.3 Å². The van der Waals surface area contributed by atoms with E-state index in [1.165, 1.54) is 14.2 Å². The zero-order valence-electron chi connectivity index (χ0n) is 18.3. The van der Waals surface area contributed by atoms with E-state index in [1.54, 1.807) is 31.4 Å². The van der Waals surface area contributed by atoms with Crippen molar-refractivity contribution in [3.05, 3.63) is 29.8 Å². The van der Waals surface area contributed by atoms with Crippen molar-refractivity contribution in [3.63, 3.8) is 0 Å². The SMILES string of the molecule is CCOc1cc(OCC)c(PC(=O)c2c(OC)cc(OC)cc2OC)c(OCC)c1.[LiH]. The normalized spacial score (nSPS) is 10.4. The van der Waals surface area contributed by atoms with Gasteiger partial charge in [0.05, 0.1) is 46.5 Å². The van der Waals surface area contributed by atoms with Gasteiger partial charge in [-0.05, 0) is 29.4 Å². The molecule has 0 fully saturated rings. The molecule has 166 valence electrons. The second kappa shape index (κ2) is 13.4. The molecule has 0 aliphatic rings. The Morgan fingerprint density at radius 1 is 0.710 bits per heavy atom. The molecule has 0 saturated carbocycles. The number of rotatable bonds is 12. The monoisotopic (exact) mass is 444 g/mol. The van der Waals surface area contributed by atoms with Crippen LogP contribution >= 0.6 is 8.58 Å². The minimum absolute atomic E-state index is 0. The van der Waals surface area contributed by atoms with Gasteiger partial charge in [-0.1, -0.05) is 0 Å². The fourth-order valence-corrected chi connectivity index (χ4v) is 4.02. The number of hydrogen-bond acceptors (Lipinski definition) is 7. The van der Waals surface area contributed by atoms with Gasteiger partial charge in [-0.25, -0.2) is 0 Å². The first-order valence-corrected chi connectivity index (χ1v) is 10.7. The Hall–Kier alpha value is -2.06. The average Bonchev–Trinajstić information content (AvgIpc) is 2.75. The Morgan fingerprint density at radius 2 is 1.16 bits per heavy atom. The van der Waals surface area contributed by atoms with Gasteiger partial charge in [0, 0.05) is 24.3 Å². The van der Waals surface area contributed by atoms with Gasteiger partial charge in [0.15, 0.2) is 5.52 Å². The van der Waals surface area contributed by atoms with E-state index in [4.69, 9.17) is 28.4 Å². The molecule has 0 N–H and O–H groups in total. The van der Waals surface area contributed by atoms with Crippen LogP contribution in [0, 0.1) is 0 Å². The molecule has 2 aromatic carbocycles. The minimum atomic E-state index is -0.278. The number of ether oxygens (including phenoxy) is 6. The summed E-state index contributed by atoms with van der Waals surface area (Å²) < 4.78 is 33.4. The van der Waals surface area contributed by atoms with Crippen LogP contribution in [0.5, 0.6) is 34.5 Å².